The monoisotopic (exact) mass is 201 g/mol. The van der Waals surface area contributed by atoms with Gasteiger partial charge in [0.25, 0.3) is 0 Å². The third kappa shape index (κ3) is 6.89. The SMILES string of the molecule is CC(C)C[C@@H](N)C(=O)OCC(C)(C)C. The summed E-state index contributed by atoms with van der Waals surface area (Å²) in [6.45, 7) is 10.6. The van der Waals surface area contributed by atoms with Gasteiger partial charge in [-0.05, 0) is 17.8 Å². The number of carbonyl (C=O) groups is 1. The van der Waals surface area contributed by atoms with Crippen molar-refractivity contribution in [3.63, 3.8) is 0 Å². The second-order valence-electron chi connectivity index (χ2n) is 5.40. The highest BCUT2D eigenvalue weighted by atomic mass is 16.5. The Morgan fingerprint density at radius 3 is 2.21 bits per heavy atom. The molecule has 0 aliphatic rings. The molecule has 0 heterocycles. The summed E-state index contributed by atoms with van der Waals surface area (Å²) in [5.41, 5.74) is 5.68. The van der Waals surface area contributed by atoms with E-state index in [2.05, 4.69) is 0 Å². The molecule has 0 aromatic carbocycles. The smallest absolute Gasteiger partial charge is 0.322 e. The number of ether oxygens (including phenoxy) is 1. The van der Waals surface area contributed by atoms with Crippen molar-refractivity contribution in [1.29, 1.82) is 0 Å². The van der Waals surface area contributed by atoms with E-state index in [-0.39, 0.29) is 11.4 Å². The zero-order valence-electron chi connectivity index (χ0n) is 9.96. The van der Waals surface area contributed by atoms with Crippen LogP contribution in [0.3, 0.4) is 0 Å². The molecule has 84 valence electrons. The van der Waals surface area contributed by atoms with E-state index in [9.17, 15) is 4.79 Å². The summed E-state index contributed by atoms with van der Waals surface area (Å²) in [4.78, 5) is 11.4. The van der Waals surface area contributed by atoms with Gasteiger partial charge in [-0.1, -0.05) is 34.6 Å². The molecule has 0 aliphatic heterocycles. The molecule has 1 atom stereocenters. The molecule has 0 fully saturated rings. The molecule has 3 heteroatoms. The Kier molecular flexibility index (Phi) is 5.13. The fraction of sp³-hybridized carbons (Fsp3) is 0.909. The van der Waals surface area contributed by atoms with Gasteiger partial charge in [0.2, 0.25) is 0 Å². The van der Waals surface area contributed by atoms with Crippen LogP contribution in [0, 0.1) is 11.3 Å². The van der Waals surface area contributed by atoms with E-state index in [1.54, 1.807) is 0 Å². The standard InChI is InChI=1S/C11H23NO2/c1-8(2)6-9(12)10(13)14-7-11(3,4)5/h8-9H,6-7,12H2,1-5H3/t9-/m1/s1. The van der Waals surface area contributed by atoms with E-state index >= 15 is 0 Å². The highest BCUT2D eigenvalue weighted by Gasteiger charge is 2.19. The van der Waals surface area contributed by atoms with Crippen molar-refractivity contribution < 1.29 is 9.53 Å². The van der Waals surface area contributed by atoms with E-state index in [0.29, 0.717) is 18.9 Å². The fourth-order valence-corrected chi connectivity index (χ4v) is 0.999. The molecular weight excluding hydrogens is 178 g/mol. The summed E-state index contributed by atoms with van der Waals surface area (Å²) in [5.74, 6) is 0.140. The number of rotatable bonds is 4. The summed E-state index contributed by atoms with van der Waals surface area (Å²) < 4.78 is 5.11. The van der Waals surface area contributed by atoms with E-state index in [1.165, 1.54) is 0 Å². The maximum absolute atomic E-state index is 11.4. The van der Waals surface area contributed by atoms with Crippen LogP contribution in [0.5, 0.6) is 0 Å². The van der Waals surface area contributed by atoms with Gasteiger partial charge >= 0.3 is 5.97 Å². The molecule has 0 radical (unpaired) electrons. The lowest BCUT2D eigenvalue weighted by Gasteiger charge is -2.20. The molecule has 0 rings (SSSR count). The van der Waals surface area contributed by atoms with Gasteiger partial charge in [-0.3, -0.25) is 4.79 Å². The molecule has 14 heavy (non-hydrogen) atoms. The minimum atomic E-state index is -0.475. The summed E-state index contributed by atoms with van der Waals surface area (Å²) in [5, 5.41) is 0. The highest BCUT2D eigenvalue weighted by molar-refractivity contribution is 5.75. The average Bonchev–Trinajstić information content (AvgIpc) is 1.97. The van der Waals surface area contributed by atoms with E-state index in [1.807, 2.05) is 34.6 Å². The molecule has 2 N–H and O–H groups in total. The van der Waals surface area contributed by atoms with Crippen LogP contribution >= 0.6 is 0 Å². The van der Waals surface area contributed by atoms with Crippen LogP contribution in [0.1, 0.15) is 41.0 Å². The predicted octanol–water partition coefficient (Wildman–Crippen LogP) is 1.95. The van der Waals surface area contributed by atoms with Crippen LogP contribution in [0.2, 0.25) is 0 Å². The van der Waals surface area contributed by atoms with Crippen LogP contribution in [-0.2, 0) is 9.53 Å². The van der Waals surface area contributed by atoms with Crippen LogP contribution in [0.15, 0.2) is 0 Å². The quantitative estimate of drug-likeness (QED) is 0.707. The molecule has 0 aromatic rings. The number of hydrogen-bond donors (Lipinski definition) is 1. The molecule has 0 spiro atoms. The average molecular weight is 201 g/mol. The first-order chi connectivity index (χ1) is 6.22. The molecule has 0 saturated carbocycles. The van der Waals surface area contributed by atoms with E-state index < -0.39 is 6.04 Å². The number of hydrogen-bond acceptors (Lipinski definition) is 3. The van der Waals surface area contributed by atoms with Crippen molar-refractivity contribution in [3.8, 4) is 0 Å². The molecule has 0 aliphatic carbocycles. The van der Waals surface area contributed by atoms with Gasteiger partial charge < -0.3 is 10.5 Å². The molecular formula is C11H23NO2. The first kappa shape index (κ1) is 13.4. The fourth-order valence-electron chi connectivity index (χ4n) is 0.999. The number of esters is 1. The first-order valence-corrected chi connectivity index (χ1v) is 5.14. The van der Waals surface area contributed by atoms with Crippen molar-refractivity contribution in [1.82, 2.24) is 0 Å². The Morgan fingerprint density at radius 2 is 1.86 bits per heavy atom. The first-order valence-electron chi connectivity index (χ1n) is 5.14. The van der Waals surface area contributed by atoms with Crippen molar-refractivity contribution >= 4 is 5.97 Å². The van der Waals surface area contributed by atoms with E-state index in [4.69, 9.17) is 10.5 Å². The lowest BCUT2D eigenvalue weighted by atomic mass is 9.98. The van der Waals surface area contributed by atoms with Crippen LogP contribution in [0.25, 0.3) is 0 Å². The number of nitrogens with two attached hydrogens (primary N) is 1. The Balaban J connectivity index is 3.85. The summed E-state index contributed by atoms with van der Waals surface area (Å²) in [7, 11) is 0. The van der Waals surface area contributed by atoms with Crippen molar-refractivity contribution in [2.45, 2.75) is 47.1 Å². The van der Waals surface area contributed by atoms with Gasteiger partial charge in [0.15, 0.2) is 0 Å². The molecule has 0 saturated heterocycles. The van der Waals surface area contributed by atoms with Crippen LogP contribution in [0.4, 0.5) is 0 Å². The Hall–Kier alpha value is -0.570. The Labute approximate surface area is 87.0 Å². The minimum absolute atomic E-state index is 0.00715. The van der Waals surface area contributed by atoms with Gasteiger partial charge in [-0.2, -0.15) is 0 Å². The topological polar surface area (TPSA) is 52.3 Å². The third-order valence-corrected chi connectivity index (χ3v) is 1.68. The molecule has 0 aromatic heterocycles. The van der Waals surface area contributed by atoms with Gasteiger partial charge in [-0.15, -0.1) is 0 Å². The maximum Gasteiger partial charge on any atom is 0.322 e. The minimum Gasteiger partial charge on any atom is -0.464 e. The molecule has 3 nitrogen and oxygen atoms in total. The summed E-state index contributed by atoms with van der Waals surface area (Å²) in [6.07, 6.45) is 0.684. The van der Waals surface area contributed by atoms with Crippen molar-refractivity contribution in [2.24, 2.45) is 17.1 Å². The molecule has 0 amide bonds. The maximum atomic E-state index is 11.4. The lowest BCUT2D eigenvalue weighted by molar-refractivity contribution is -0.148. The van der Waals surface area contributed by atoms with Gasteiger partial charge in [0.05, 0.1) is 6.61 Å². The largest absolute Gasteiger partial charge is 0.464 e. The van der Waals surface area contributed by atoms with Gasteiger partial charge in [-0.25, -0.2) is 0 Å². The summed E-state index contributed by atoms with van der Waals surface area (Å²) >= 11 is 0. The Morgan fingerprint density at radius 1 is 1.36 bits per heavy atom. The second-order valence-corrected chi connectivity index (χ2v) is 5.40. The highest BCUT2D eigenvalue weighted by Crippen LogP contribution is 2.13. The molecule has 0 bridgehead atoms. The zero-order chi connectivity index (χ0) is 11.4. The van der Waals surface area contributed by atoms with Gasteiger partial charge in [0.1, 0.15) is 6.04 Å². The number of carbonyl (C=O) groups excluding carboxylic acids is 1. The molecule has 0 unspecified atom stereocenters. The van der Waals surface area contributed by atoms with Crippen LogP contribution in [-0.4, -0.2) is 18.6 Å². The second kappa shape index (κ2) is 5.35. The summed E-state index contributed by atoms with van der Waals surface area (Å²) in [6, 6.07) is -0.475. The van der Waals surface area contributed by atoms with Gasteiger partial charge in [0, 0.05) is 0 Å². The zero-order valence-corrected chi connectivity index (χ0v) is 9.96. The van der Waals surface area contributed by atoms with Crippen molar-refractivity contribution in [2.75, 3.05) is 6.61 Å². The van der Waals surface area contributed by atoms with Crippen LogP contribution < -0.4 is 5.73 Å². The predicted molar refractivity (Wildman–Crippen MR) is 57.8 cm³/mol. The Bertz CT molecular complexity index is 182. The normalized spacial score (nSPS) is 14.2. The van der Waals surface area contributed by atoms with Crippen molar-refractivity contribution in [3.05, 3.63) is 0 Å². The third-order valence-electron chi connectivity index (χ3n) is 1.68. The lowest BCUT2D eigenvalue weighted by Crippen LogP contribution is -2.35. The van der Waals surface area contributed by atoms with E-state index in [0.717, 1.165) is 0 Å².